The van der Waals surface area contributed by atoms with Gasteiger partial charge in [0, 0.05) is 24.4 Å². The molecule has 0 radical (unpaired) electrons. The van der Waals surface area contributed by atoms with Gasteiger partial charge in [-0.1, -0.05) is 25.1 Å². The van der Waals surface area contributed by atoms with Crippen molar-refractivity contribution in [1.29, 1.82) is 0 Å². The summed E-state index contributed by atoms with van der Waals surface area (Å²) in [5.74, 6) is 1.78. The first-order valence-electron chi connectivity index (χ1n) is 11.9. The van der Waals surface area contributed by atoms with Crippen molar-refractivity contribution in [2.24, 2.45) is 0 Å². The number of ketones is 1. The highest BCUT2D eigenvalue weighted by Gasteiger charge is 2.12. The fourth-order valence-electron chi connectivity index (χ4n) is 4.15. The predicted octanol–water partition coefficient (Wildman–Crippen LogP) is 5.89. The zero-order valence-corrected chi connectivity index (χ0v) is 20.2. The fraction of sp³-hybridized carbons (Fsp3) is 0.172. The maximum atomic E-state index is 12.6. The molecule has 184 valence electrons. The number of imidazole rings is 1. The monoisotopic (exact) mass is 492 g/mol. The summed E-state index contributed by atoms with van der Waals surface area (Å²) in [6.07, 6.45) is 3.07. The van der Waals surface area contributed by atoms with Gasteiger partial charge in [-0.3, -0.25) is 9.78 Å². The van der Waals surface area contributed by atoms with Gasteiger partial charge >= 0.3 is 5.69 Å². The van der Waals surface area contributed by atoms with Crippen LogP contribution in [0.25, 0.3) is 26.8 Å². The minimum absolute atomic E-state index is 0.0683. The zero-order valence-electron chi connectivity index (χ0n) is 20.2. The topological polar surface area (TPSA) is 101 Å². The minimum atomic E-state index is -0.266. The molecule has 0 fully saturated rings. The summed E-state index contributed by atoms with van der Waals surface area (Å²) in [6.45, 7) is 10.1. The van der Waals surface area contributed by atoms with E-state index in [0.717, 1.165) is 22.9 Å². The molecule has 0 unspecified atom stereocenters. The third kappa shape index (κ3) is 5.36. The molecular formula is C29H24N4O4. The van der Waals surface area contributed by atoms with E-state index >= 15 is 0 Å². The van der Waals surface area contributed by atoms with Crippen LogP contribution in [0.5, 0.6) is 17.2 Å². The summed E-state index contributed by atoms with van der Waals surface area (Å²) in [4.78, 5) is 37.5. The third-order valence-corrected chi connectivity index (χ3v) is 5.90. The van der Waals surface area contributed by atoms with Crippen LogP contribution in [0, 0.1) is 6.57 Å². The van der Waals surface area contributed by atoms with Gasteiger partial charge in [0.05, 0.1) is 29.7 Å². The number of carbonyl (C=O) groups is 1. The van der Waals surface area contributed by atoms with Crippen LogP contribution in [-0.2, 0) is 17.6 Å². The highest BCUT2D eigenvalue weighted by molar-refractivity contribution is 5.91. The highest BCUT2D eigenvalue weighted by Crippen LogP contribution is 2.37. The van der Waals surface area contributed by atoms with E-state index in [0.29, 0.717) is 46.1 Å². The Morgan fingerprint density at radius 1 is 0.946 bits per heavy atom. The number of aromatic amines is 2. The molecule has 8 heteroatoms. The van der Waals surface area contributed by atoms with E-state index in [4.69, 9.17) is 16.0 Å². The number of hydrogen-bond acceptors (Lipinski definition) is 5. The van der Waals surface area contributed by atoms with Gasteiger partial charge in [0.25, 0.3) is 0 Å². The number of carbonyl (C=O) groups excluding carboxylic acids is 1. The van der Waals surface area contributed by atoms with Gasteiger partial charge in [-0.05, 0) is 60.0 Å². The normalized spacial score (nSPS) is 10.9. The average Bonchev–Trinajstić information content (AvgIpc) is 3.27. The van der Waals surface area contributed by atoms with Gasteiger partial charge in [-0.15, -0.1) is 0 Å². The van der Waals surface area contributed by atoms with Gasteiger partial charge in [0.2, 0.25) is 5.69 Å². The maximum absolute atomic E-state index is 12.6. The van der Waals surface area contributed by atoms with Crippen molar-refractivity contribution in [2.45, 2.75) is 26.2 Å². The molecule has 0 aliphatic carbocycles. The number of hydrogen-bond donors (Lipinski definition) is 2. The molecule has 0 bridgehead atoms. The number of rotatable bonds is 9. The Bertz CT molecular complexity index is 1690. The molecule has 2 heterocycles. The summed E-state index contributed by atoms with van der Waals surface area (Å²) in [5, 5.41) is 0.720. The number of fused-ring (bicyclic) bond motifs is 2. The zero-order chi connectivity index (χ0) is 25.8. The SMILES string of the molecule is [C-]#[N+]c1cc2c(Oc3ccc(CC(=O)Cc4ccc5[nH]c(=O)[nH]c5c4)cc3)ccnc2cc1OCCC. The highest BCUT2D eigenvalue weighted by atomic mass is 16.5. The van der Waals surface area contributed by atoms with Crippen molar-refractivity contribution in [3.8, 4) is 17.2 Å². The third-order valence-electron chi connectivity index (χ3n) is 5.90. The van der Waals surface area contributed by atoms with Crippen LogP contribution >= 0.6 is 0 Å². The number of ether oxygens (including phenoxy) is 2. The summed E-state index contributed by atoms with van der Waals surface area (Å²) >= 11 is 0. The van der Waals surface area contributed by atoms with E-state index in [2.05, 4.69) is 19.8 Å². The maximum Gasteiger partial charge on any atom is 0.323 e. The number of benzene rings is 3. The lowest BCUT2D eigenvalue weighted by Gasteiger charge is -2.12. The van der Waals surface area contributed by atoms with Crippen LogP contribution in [0.1, 0.15) is 24.5 Å². The van der Waals surface area contributed by atoms with Gasteiger partial charge in [0.1, 0.15) is 23.0 Å². The number of nitrogens with zero attached hydrogens (tertiary/aromatic N) is 2. The lowest BCUT2D eigenvalue weighted by Crippen LogP contribution is -2.06. The number of pyridine rings is 1. The van der Waals surface area contributed by atoms with E-state index in [-0.39, 0.29) is 24.3 Å². The van der Waals surface area contributed by atoms with E-state index < -0.39 is 0 Å². The quantitative estimate of drug-likeness (QED) is 0.250. The smallest absolute Gasteiger partial charge is 0.323 e. The van der Waals surface area contributed by atoms with Crippen LogP contribution in [0.4, 0.5) is 5.69 Å². The Balaban J connectivity index is 1.28. The lowest BCUT2D eigenvalue weighted by molar-refractivity contribution is -0.117. The van der Waals surface area contributed by atoms with Crippen LogP contribution < -0.4 is 15.2 Å². The molecule has 0 atom stereocenters. The molecule has 0 saturated carbocycles. The van der Waals surface area contributed by atoms with E-state index in [9.17, 15) is 9.59 Å². The van der Waals surface area contributed by atoms with Gasteiger partial charge in [0.15, 0.2) is 0 Å². The Morgan fingerprint density at radius 3 is 2.49 bits per heavy atom. The van der Waals surface area contributed by atoms with Crippen molar-refractivity contribution in [3.63, 3.8) is 0 Å². The first kappa shape index (κ1) is 23.8. The molecule has 5 rings (SSSR count). The number of H-pyrrole nitrogens is 2. The van der Waals surface area contributed by atoms with Gasteiger partial charge in [-0.2, -0.15) is 0 Å². The van der Waals surface area contributed by atoms with E-state index in [1.165, 1.54) is 0 Å². The first-order chi connectivity index (χ1) is 18.0. The average molecular weight is 493 g/mol. The van der Waals surface area contributed by atoms with E-state index in [1.54, 1.807) is 30.5 Å². The molecule has 2 aromatic heterocycles. The van der Waals surface area contributed by atoms with Crippen molar-refractivity contribution >= 4 is 33.4 Å². The second-order valence-electron chi connectivity index (χ2n) is 8.70. The predicted molar refractivity (Wildman–Crippen MR) is 142 cm³/mol. The van der Waals surface area contributed by atoms with Crippen LogP contribution in [-0.4, -0.2) is 27.3 Å². The van der Waals surface area contributed by atoms with E-state index in [1.807, 2.05) is 43.3 Å². The summed E-state index contributed by atoms with van der Waals surface area (Å²) < 4.78 is 11.8. The van der Waals surface area contributed by atoms with Gasteiger partial charge < -0.3 is 19.4 Å². The summed E-state index contributed by atoms with van der Waals surface area (Å²) in [6, 6.07) is 18.1. The Morgan fingerprint density at radius 2 is 1.70 bits per heavy atom. The molecule has 2 N–H and O–H groups in total. The molecule has 5 aromatic rings. The molecule has 0 aliphatic heterocycles. The molecule has 0 amide bonds. The molecular weight excluding hydrogens is 468 g/mol. The second kappa shape index (κ2) is 10.4. The summed E-state index contributed by atoms with van der Waals surface area (Å²) in [7, 11) is 0. The van der Waals surface area contributed by atoms with Crippen LogP contribution in [0.2, 0.25) is 0 Å². The summed E-state index contributed by atoms with van der Waals surface area (Å²) in [5.41, 5.74) is 3.95. The largest absolute Gasteiger partial charge is 0.505 e. The second-order valence-corrected chi connectivity index (χ2v) is 8.70. The number of aromatic nitrogens is 3. The Hall–Kier alpha value is -4.90. The number of nitrogens with one attached hydrogen (secondary N) is 2. The van der Waals surface area contributed by atoms with Crippen LogP contribution in [0.15, 0.2) is 71.7 Å². The molecule has 3 aromatic carbocycles. The Labute approximate surface area is 212 Å². The standard InChI is InChI=1S/C29H24N4O4/c1-3-12-36-28-17-24-22(16-26(28)30-2)27(10-11-31-24)37-21-7-4-18(5-8-21)13-20(34)14-19-6-9-23-25(15-19)33-29(35)32-23/h4-11,15-17H,3,12-14H2,1H3,(H2,32,33,35). The number of Topliss-reactive ketones (excluding diaryl/α,β-unsaturated/α-hetero) is 1. The molecule has 0 saturated heterocycles. The van der Waals surface area contributed by atoms with Crippen molar-refractivity contribution in [3.05, 3.63) is 99.9 Å². The first-order valence-corrected chi connectivity index (χ1v) is 11.9. The van der Waals surface area contributed by atoms with Gasteiger partial charge in [-0.25, -0.2) is 9.64 Å². The van der Waals surface area contributed by atoms with Crippen molar-refractivity contribution < 1.29 is 14.3 Å². The van der Waals surface area contributed by atoms with Crippen LogP contribution in [0.3, 0.4) is 0 Å². The minimum Gasteiger partial charge on any atom is -0.505 e. The molecule has 8 nitrogen and oxygen atoms in total. The molecule has 37 heavy (non-hydrogen) atoms. The molecule has 0 spiro atoms. The fourth-order valence-corrected chi connectivity index (χ4v) is 4.15. The Kier molecular flexibility index (Phi) is 6.68. The molecule has 0 aliphatic rings. The van der Waals surface area contributed by atoms with Crippen molar-refractivity contribution in [1.82, 2.24) is 15.0 Å². The van der Waals surface area contributed by atoms with Crippen molar-refractivity contribution in [2.75, 3.05) is 6.61 Å². The lowest BCUT2D eigenvalue weighted by atomic mass is 10.0.